The zero-order valence-electron chi connectivity index (χ0n) is 17.6. The second-order valence-corrected chi connectivity index (χ2v) is 10.5. The standard InChI is InChI=1S/C23H35NO3S/c1-5-26-21(25)14-19(24-15-17-9-7-6-8-10-17)22-27-20-13-16(2)11-12-18(20)23(3,4)28-22/h6-10,16,18-20,22,24H,5,11-15H2,1-4H3/t16-,18-,19-,20-,22-/m1/s1. The van der Waals surface area contributed by atoms with E-state index in [1.54, 1.807) is 0 Å². The van der Waals surface area contributed by atoms with Gasteiger partial charge in [-0.1, -0.05) is 57.5 Å². The Bertz CT molecular complexity index is 636. The quantitative estimate of drug-likeness (QED) is 0.662. The van der Waals surface area contributed by atoms with E-state index in [-0.39, 0.29) is 28.3 Å². The molecule has 0 aromatic heterocycles. The van der Waals surface area contributed by atoms with Gasteiger partial charge in [0.05, 0.1) is 25.2 Å². The molecule has 5 heteroatoms. The Morgan fingerprint density at radius 3 is 2.79 bits per heavy atom. The Labute approximate surface area is 174 Å². The van der Waals surface area contributed by atoms with E-state index in [0.717, 1.165) is 13.0 Å². The minimum atomic E-state index is -0.158. The topological polar surface area (TPSA) is 47.6 Å². The van der Waals surface area contributed by atoms with Gasteiger partial charge in [0.1, 0.15) is 5.44 Å². The number of esters is 1. The summed E-state index contributed by atoms with van der Waals surface area (Å²) in [6.45, 7) is 10.0. The van der Waals surface area contributed by atoms with Gasteiger partial charge in [0.15, 0.2) is 0 Å². The van der Waals surface area contributed by atoms with Crippen molar-refractivity contribution in [3.63, 3.8) is 0 Å². The van der Waals surface area contributed by atoms with Gasteiger partial charge in [-0.25, -0.2) is 0 Å². The van der Waals surface area contributed by atoms with Gasteiger partial charge < -0.3 is 14.8 Å². The molecule has 4 nitrogen and oxygen atoms in total. The molecule has 5 atom stereocenters. The maximum absolute atomic E-state index is 12.3. The first-order valence-corrected chi connectivity index (χ1v) is 11.5. The van der Waals surface area contributed by atoms with E-state index in [9.17, 15) is 4.79 Å². The van der Waals surface area contributed by atoms with Crippen molar-refractivity contribution in [3.8, 4) is 0 Å². The molecule has 1 aromatic carbocycles. The van der Waals surface area contributed by atoms with Crippen molar-refractivity contribution in [2.75, 3.05) is 6.61 Å². The highest BCUT2D eigenvalue weighted by Gasteiger charge is 2.48. The largest absolute Gasteiger partial charge is 0.466 e. The first kappa shape index (κ1) is 21.7. The predicted octanol–water partition coefficient (Wildman–Crippen LogP) is 4.77. The van der Waals surface area contributed by atoms with Crippen LogP contribution < -0.4 is 5.32 Å². The van der Waals surface area contributed by atoms with E-state index in [4.69, 9.17) is 9.47 Å². The van der Waals surface area contributed by atoms with E-state index in [1.807, 2.05) is 36.9 Å². The Morgan fingerprint density at radius 2 is 2.07 bits per heavy atom. The van der Waals surface area contributed by atoms with Gasteiger partial charge in [-0.2, -0.15) is 0 Å². The number of ether oxygens (including phenoxy) is 2. The lowest BCUT2D eigenvalue weighted by atomic mass is 9.74. The Kier molecular flexibility index (Phi) is 7.46. The van der Waals surface area contributed by atoms with Crippen molar-refractivity contribution in [2.24, 2.45) is 11.8 Å². The Morgan fingerprint density at radius 1 is 1.32 bits per heavy atom. The van der Waals surface area contributed by atoms with Crippen LogP contribution >= 0.6 is 11.8 Å². The van der Waals surface area contributed by atoms with Gasteiger partial charge in [-0.3, -0.25) is 4.79 Å². The number of benzene rings is 1. The second-order valence-electron chi connectivity index (χ2n) is 8.77. The van der Waals surface area contributed by atoms with Crippen LogP contribution in [-0.4, -0.2) is 34.9 Å². The van der Waals surface area contributed by atoms with Crippen LogP contribution in [0.25, 0.3) is 0 Å². The van der Waals surface area contributed by atoms with Crippen LogP contribution in [0.15, 0.2) is 30.3 Å². The van der Waals surface area contributed by atoms with Gasteiger partial charge in [-0.05, 0) is 37.2 Å². The van der Waals surface area contributed by atoms with Gasteiger partial charge in [0.25, 0.3) is 0 Å². The molecular weight excluding hydrogens is 370 g/mol. The average molecular weight is 406 g/mol. The molecule has 0 spiro atoms. The first-order chi connectivity index (χ1) is 13.4. The summed E-state index contributed by atoms with van der Waals surface area (Å²) in [5, 5.41) is 3.59. The van der Waals surface area contributed by atoms with Gasteiger partial charge in [0, 0.05) is 11.3 Å². The molecule has 156 valence electrons. The molecule has 1 saturated heterocycles. The minimum Gasteiger partial charge on any atom is -0.466 e. The molecule has 2 fully saturated rings. The van der Waals surface area contributed by atoms with Gasteiger partial charge in [0.2, 0.25) is 0 Å². The van der Waals surface area contributed by atoms with Crippen LogP contribution in [0.4, 0.5) is 0 Å². The number of carbonyl (C=O) groups excluding carboxylic acids is 1. The lowest BCUT2D eigenvalue weighted by Crippen LogP contribution is -2.54. The molecule has 0 radical (unpaired) electrons. The molecule has 28 heavy (non-hydrogen) atoms. The molecule has 0 amide bonds. The molecule has 2 aliphatic rings. The van der Waals surface area contributed by atoms with Crippen molar-refractivity contribution >= 4 is 17.7 Å². The Balaban J connectivity index is 1.73. The number of thioether (sulfide) groups is 1. The molecule has 0 unspecified atom stereocenters. The summed E-state index contributed by atoms with van der Waals surface area (Å²) in [6, 6.07) is 10.2. The normalized spacial score (nSPS) is 30.3. The van der Waals surface area contributed by atoms with Crippen molar-refractivity contribution < 1.29 is 14.3 Å². The molecule has 1 saturated carbocycles. The lowest BCUT2D eigenvalue weighted by Gasteiger charge is -2.51. The maximum Gasteiger partial charge on any atom is 0.307 e. The monoisotopic (exact) mass is 405 g/mol. The molecule has 1 N–H and O–H groups in total. The third-order valence-corrected chi connectivity index (χ3v) is 7.69. The van der Waals surface area contributed by atoms with E-state index in [2.05, 4.69) is 38.2 Å². The SMILES string of the molecule is CCOC(=O)C[C@@H](NCc1ccccc1)[C@@H]1O[C@@H]2C[C@H](C)CC[C@H]2C(C)(C)S1. The lowest BCUT2D eigenvalue weighted by molar-refractivity contribution is -0.145. The zero-order chi connectivity index (χ0) is 20.1. The minimum absolute atomic E-state index is 0.0466. The van der Waals surface area contributed by atoms with E-state index in [0.29, 0.717) is 24.9 Å². The highest BCUT2D eigenvalue weighted by atomic mass is 32.2. The van der Waals surface area contributed by atoms with Crippen LogP contribution in [0.3, 0.4) is 0 Å². The number of rotatable bonds is 7. The zero-order valence-corrected chi connectivity index (χ0v) is 18.5. The maximum atomic E-state index is 12.3. The van der Waals surface area contributed by atoms with E-state index < -0.39 is 0 Å². The van der Waals surface area contributed by atoms with Crippen LogP contribution in [0.5, 0.6) is 0 Å². The first-order valence-electron chi connectivity index (χ1n) is 10.6. The number of hydrogen-bond donors (Lipinski definition) is 1. The van der Waals surface area contributed by atoms with Crippen molar-refractivity contribution in [1.82, 2.24) is 5.32 Å². The summed E-state index contributed by atoms with van der Waals surface area (Å²) in [6.07, 6.45) is 4.27. The predicted molar refractivity (Wildman–Crippen MR) is 115 cm³/mol. The number of carbonyl (C=O) groups is 1. The summed E-state index contributed by atoms with van der Waals surface area (Å²) in [4.78, 5) is 12.3. The van der Waals surface area contributed by atoms with Crippen molar-refractivity contribution in [3.05, 3.63) is 35.9 Å². The van der Waals surface area contributed by atoms with Crippen LogP contribution in [-0.2, 0) is 20.8 Å². The van der Waals surface area contributed by atoms with Crippen molar-refractivity contribution in [2.45, 2.75) is 82.3 Å². The van der Waals surface area contributed by atoms with Crippen molar-refractivity contribution in [1.29, 1.82) is 0 Å². The second kappa shape index (κ2) is 9.64. The molecule has 0 bridgehead atoms. The van der Waals surface area contributed by atoms with Crippen LogP contribution in [0.2, 0.25) is 0 Å². The molecule has 1 aliphatic carbocycles. The summed E-state index contributed by atoms with van der Waals surface area (Å²) in [5.41, 5.74) is 1.16. The van der Waals surface area contributed by atoms with Gasteiger partial charge in [-0.15, -0.1) is 11.8 Å². The summed E-state index contributed by atoms with van der Waals surface area (Å²) >= 11 is 1.89. The molecule has 1 aromatic rings. The smallest absolute Gasteiger partial charge is 0.307 e. The van der Waals surface area contributed by atoms with Crippen LogP contribution in [0.1, 0.15) is 58.9 Å². The average Bonchev–Trinajstić information content (AvgIpc) is 2.65. The number of fused-ring (bicyclic) bond motifs is 1. The Hall–Kier alpha value is -1.04. The number of hydrogen-bond acceptors (Lipinski definition) is 5. The molecule has 1 heterocycles. The summed E-state index contributed by atoms with van der Waals surface area (Å²) < 4.78 is 12.0. The van der Waals surface area contributed by atoms with E-state index >= 15 is 0 Å². The third-order valence-electron chi connectivity index (χ3n) is 6.11. The van der Waals surface area contributed by atoms with E-state index in [1.165, 1.54) is 18.4 Å². The van der Waals surface area contributed by atoms with Crippen LogP contribution in [0, 0.1) is 11.8 Å². The summed E-state index contributed by atoms with van der Waals surface area (Å²) in [7, 11) is 0. The fourth-order valence-corrected chi connectivity index (χ4v) is 6.15. The fourth-order valence-electron chi connectivity index (χ4n) is 4.55. The fraction of sp³-hybridized carbons (Fsp3) is 0.696. The highest BCUT2D eigenvalue weighted by molar-refractivity contribution is 8.01. The third kappa shape index (κ3) is 5.52. The summed E-state index contributed by atoms with van der Waals surface area (Å²) in [5.74, 6) is 1.14. The number of nitrogens with one attached hydrogen (secondary N) is 1. The molecule has 3 rings (SSSR count). The van der Waals surface area contributed by atoms with Gasteiger partial charge >= 0.3 is 5.97 Å². The molecule has 1 aliphatic heterocycles. The highest BCUT2D eigenvalue weighted by Crippen LogP contribution is 2.51. The molecular formula is C23H35NO3S.